The van der Waals surface area contributed by atoms with Gasteiger partial charge in [-0.25, -0.2) is 4.98 Å². The van der Waals surface area contributed by atoms with E-state index < -0.39 is 5.60 Å². The summed E-state index contributed by atoms with van der Waals surface area (Å²) in [7, 11) is 0. The third kappa shape index (κ3) is 3.63. The molecule has 3 fully saturated rings. The first-order chi connectivity index (χ1) is 16.6. The number of fused-ring (bicyclic) bond motifs is 2. The van der Waals surface area contributed by atoms with Gasteiger partial charge in [-0.1, -0.05) is 49.6 Å². The number of piperidine rings is 1. The standard InChI is InChI=1S/C25H29N5O4/c31-14-20-19-11-17(19)13-29(20)23(33)25(9-5-2-6-10-25)34-15-18-12-21(32)30-24(26-18)27-22(28-30)16-7-3-1-4-8-16/h1,3-4,7-8,12,17,19-20,31H,2,5-6,9-11,13-15H2,(H,26,27,28)/t17-,19-,20-/m1/s1. The summed E-state index contributed by atoms with van der Waals surface area (Å²) in [6.07, 6.45) is 5.32. The maximum Gasteiger partial charge on any atom is 0.274 e. The molecule has 3 aliphatic rings. The van der Waals surface area contributed by atoms with Gasteiger partial charge in [0.05, 0.1) is 24.9 Å². The number of hydrogen-bond acceptors (Lipinski definition) is 6. The molecule has 1 saturated heterocycles. The third-order valence-corrected chi connectivity index (χ3v) is 7.73. The van der Waals surface area contributed by atoms with Crippen LogP contribution in [0.1, 0.15) is 44.2 Å². The fourth-order valence-corrected chi connectivity index (χ4v) is 5.78. The number of carbonyl (C=O) groups is 1. The summed E-state index contributed by atoms with van der Waals surface area (Å²) in [5, 5.41) is 12.9. The van der Waals surface area contributed by atoms with Crippen LogP contribution in [0.3, 0.4) is 0 Å². The van der Waals surface area contributed by atoms with Gasteiger partial charge in [0.15, 0.2) is 5.82 Å². The number of carbonyl (C=O) groups excluding carboxylic acids is 1. The van der Waals surface area contributed by atoms with Crippen molar-refractivity contribution in [2.45, 2.75) is 56.8 Å². The van der Waals surface area contributed by atoms with Crippen molar-refractivity contribution in [2.24, 2.45) is 11.8 Å². The summed E-state index contributed by atoms with van der Waals surface area (Å²) >= 11 is 0. The third-order valence-electron chi connectivity index (χ3n) is 7.73. The number of ether oxygens (including phenoxy) is 1. The highest BCUT2D eigenvalue weighted by Gasteiger charge is 2.56. The van der Waals surface area contributed by atoms with Crippen LogP contribution >= 0.6 is 0 Å². The minimum absolute atomic E-state index is 0.000874. The van der Waals surface area contributed by atoms with Gasteiger partial charge < -0.3 is 14.7 Å². The molecule has 2 aromatic heterocycles. The van der Waals surface area contributed by atoms with Crippen LogP contribution in [0.5, 0.6) is 0 Å². The van der Waals surface area contributed by atoms with Gasteiger partial charge in [0.1, 0.15) is 5.60 Å². The molecule has 2 N–H and O–H groups in total. The van der Waals surface area contributed by atoms with Crippen molar-refractivity contribution in [3.05, 3.63) is 52.4 Å². The Hall–Kier alpha value is -3.04. The summed E-state index contributed by atoms with van der Waals surface area (Å²) in [5.74, 6) is 1.77. The normalized spacial score (nSPS) is 25.4. The lowest BCUT2D eigenvalue weighted by Gasteiger charge is -2.40. The predicted molar refractivity (Wildman–Crippen MR) is 124 cm³/mol. The average Bonchev–Trinajstić information content (AvgIpc) is 3.33. The van der Waals surface area contributed by atoms with Gasteiger partial charge in [-0.05, 0) is 31.1 Å². The lowest BCUT2D eigenvalue weighted by molar-refractivity contribution is -0.168. The molecule has 6 rings (SSSR count). The van der Waals surface area contributed by atoms with Crippen LogP contribution in [-0.4, -0.2) is 60.3 Å². The lowest BCUT2D eigenvalue weighted by atomic mass is 9.83. The Morgan fingerprint density at radius 2 is 1.97 bits per heavy atom. The molecule has 34 heavy (non-hydrogen) atoms. The molecule has 0 bridgehead atoms. The number of aliphatic hydroxyl groups excluding tert-OH is 1. The first-order valence-electron chi connectivity index (χ1n) is 12.2. The van der Waals surface area contributed by atoms with E-state index in [1.807, 2.05) is 35.2 Å². The van der Waals surface area contributed by atoms with E-state index >= 15 is 0 Å². The fraction of sp³-hybridized carbons (Fsp3) is 0.520. The summed E-state index contributed by atoms with van der Waals surface area (Å²) in [4.78, 5) is 37.3. The van der Waals surface area contributed by atoms with E-state index in [4.69, 9.17) is 4.74 Å². The van der Waals surface area contributed by atoms with Gasteiger partial charge in [0.25, 0.3) is 17.2 Å². The molecule has 2 saturated carbocycles. The Morgan fingerprint density at radius 3 is 2.74 bits per heavy atom. The summed E-state index contributed by atoms with van der Waals surface area (Å²) in [5.41, 5.74) is 0.119. The van der Waals surface area contributed by atoms with Crippen molar-refractivity contribution < 1.29 is 14.6 Å². The maximum absolute atomic E-state index is 13.7. The number of rotatable bonds is 6. The van der Waals surface area contributed by atoms with Crippen molar-refractivity contribution >= 4 is 11.7 Å². The zero-order valence-corrected chi connectivity index (χ0v) is 19.0. The van der Waals surface area contributed by atoms with E-state index in [1.54, 1.807) is 0 Å². The minimum atomic E-state index is -0.921. The highest BCUT2D eigenvalue weighted by Crippen LogP contribution is 2.50. The van der Waals surface area contributed by atoms with Crippen LogP contribution in [0.15, 0.2) is 41.2 Å². The molecule has 1 aromatic carbocycles. The van der Waals surface area contributed by atoms with E-state index in [2.05, 4.69) is 15.1 Å². The topological polar surface area (TPSA) is 113 Å². The van der Waals surface area contributed by atoms with Crippen molar-refractivity contribution in [3.8, 4) is 11.4 Å². The second kappa shape index (κ2) is 8.32. The number of benzene rings is 1. The summed E-state index contributed by atoms with van der Waals surface area (Å²) in [6, 6.07) is 10.9. The molecule has 1 amide bonds. The second-order valence-corrected chi connectivity index (χ2v) is 9.87. The Labute approximate surface area is 196 Å². The van der Waals surface area contributed by atoms with Gasteiger partial charge in [-0.3, -0.25) is 14.7 Å². The van der Waals surface area contributed by atoms with Crippen LogP contribution < -0.4 is 5.56 Å². The lowest BCUT2D eigenvalue weighted by Crippen LogP contribution is -2.55. The first-order valence-corrected chi connectivity index (χ1v) is 12.2. The Kier molecular flexibility index (Phi) is 5.26. The van der Waals surface area contributed by atoms with Crippen LogP contribution in [-0.2, 0) is 16.1 Å². The van der Waals surface area contributed by atoms with Crippen LogP contribution in [0.2, 0.25) is 0 Å². The van der Waals surface area contributed by atoms with E-state index in [-0.39, 0.29) is 36.5 Å². The molecule has 9 nitrogen and oxygen atoms in total. The average molecular weight is 464 g/mol. The molecule has 0 unspecified atom stereocenters. The van der Waals surface area contributed by atoms with Crippen molar-refractivity contribution in [2.75, 3.05) is 13.2 Å². The van der Waals surface area contributed by atoms with E-state index in [0.717, 1.165) is 31.2 Å². The molecule has 3 atom stereocenters. The number of aromatic amines is 1. The zero-order valence-electron chi connectivity index (χ0n) is 19.0. The number of aromatic nitrogens is 4. The highest BCUT2D eigenvalue weighted by atomic mass is 16.5. The van der Waals surface area contributed by atoms with Crippen LogP contribution in [0, 0.1) is 11.8 Å². The van der Waals surface area contributed by atoms with E-state index in [9.17, 15) is 14.7 Å². The van der Waals surface area contributed by atoms with Crippen LogP contribution in [0.4, 0.5) is 0 Å². The fourth-order valence-electron chi connectivity index (χ4n) is 5.78. The van der Waals surface area contributed by atoms with Crippen molar-refractivity contribution in [3.63, 3.8) is 0 Å². The van der Waals surface area contributed by atoms with E-state index in [0.29, 0.717) is 42.7 Å². The molecular weight excluding hydrogens is 434 g/mol. The molecule has 3 heterocycles. The SMILES string of the molecule is O=C(N1C[C@H]2C[C@H]2[C@H]1CO)C1(OCc2cc(=O)n3[nH]c(-c4ccccc4)nc3n2)CCCCC1. The molecule has 178 valence electrons. The summed E-state index contributed by atoms with van der Waals surface area (Å²) < 4.78 is 7.66. The number of nitrogens with zero attached hydrogens (tertiary/aromatic N) is 4. The van der Waals surface area contributed by atoms with Gasteiger partial charge in [-0.2, -0.15) is 9.50 Å². The van der Waals surface area contributed by atoms with Gasteiger partial charge in [0.2, 0.25) is 0 Å². The maximum atomic E-state index is 13.7. The largest absolute Gasteiger partial charge is 0.394 e. The summed E-state index contributed by atoms with van der Waals surface area (Å²) in [6.45, 7) is 0.775. The molecular formula is C25H29N5O4. The second-order valence-electron chi connectivity index (χ2n) is 9.87. The number of hydrogen-bond donors (Lipinski definition) is 2. The van der Waals surface area contributed by atoms with Gasteiger partial charge in [0, 0.05) is 18.2 Å². The van der Waals surface area contributed by atoms with Crippen molar-refractivity contribution in [1.29, 1.82) is 0 Å². The minimum Gasteiger partial charge on any atom is -0.394 e. The molecule has 2 aliphatic carbocycles. The zero-order chi connectivity index (χ0) is 23.3. The number of likely N-dealkylation sites (tertiary alicyclic amines) is 1. The first kappa shape index (κ1) is 21.5. The molecule has 0 spiro atoms. The molecule has 0 radical (unpaired) electrons. The Bertz CT molecular complexity index is 1260. The molecule has 9 heteroatoms. The monoisotopic (exact) mass is 463 g/mol. The molecule has 3 aromatic rings. The quantitative estimate of drug-likeness (QED) is 0.579. The Morgan fingerprint density at radius 1 is 1.18 bits per heavy atom. The van der Waals surface area contributed by atoms with Gasteiger partial charge >= 0.3 is 0 Å². The smallest absolute Gasteiger partial charge is 0.274 e. The van der Waals surface area contributed by atoms with E-state index in [1.165, 1.54) is 10.6 Å². The number of amides is 1. The number of nitrogens with one attached hydrogen (secondary N) is 1. The number of aliphatic hydroxyl groups is 1. The Balaban J connectivity index is 1.25. The van der Waals surface area contributed by atoms with Crippen LogP contribution in [0.25, 0.3) is 17.2 Å². The number of H-pyrrole nitrogens is 1. The molecule has 1 aliphatic heterocycles. The van der Waals surface area contributed by atoms with Crippen molar-refractivity contribution in [1.82, 2.24) is 24.5 Å². The van der Waals surface area contributed by atoms with Gasteiger partial charge in [-0.15, -0.1) is 0 Å². The predicted octanol–water partition coefficient (Wildman–Crippen LogP) is 2.14. The highest BCUT2D eigenvalue weighted by molar-refractivity contribution is 5.86.